The number of piperidine rings is 1. The summed E-state index contributed by atoms with van der Waals surface area (Å²) < 4.78 is 0. The zero-order valence-corrected chi connectivity index (χ0v) is 13.3. The normalized spacial score (nSPS) is 17.9. The van der Waals surface area contributed by atoms with Gasteiger partial charge in [-0.3, -0.25) is 9.69 Å². The van der Waals surface area contributed by atoms with E-state index in [2.05, 4.69) is 22.1 Å². The smallest absolute Gasteiger partial charge is 0.226 e. The van der Waals surface area contributed by atoms with Gasteiger partial charge in [0, 0.05) is 11.4 Å². The highest BCUT2D eigenvalue weighted by atomic mass is 32.1. The van der Waals surface area contributed by atoms with Crippen LogP contribution in [0.4, 0.5) is 0 Å². The number of aromatic nitrogens is 1. The van der Waals surface area contributed by atoms with Crippen LogP contribution in [0.2, 0.25) is 0 Å². The van der Waals surface area contributed by atoms with Gasteiger partial charge in [0.25, 0.3) is 0 Å². The number of amides is 1. The minimum atomic E-state index is 0.0779. The first-order valence-electron chi connectivity index (χ1n) is 7.62. The number of carbonyl (C=O) groups is 1. The summed E-state index contributed by atoms with van der Waals surface area (Å²) in [5.74, 6) is 0.0779. The van der Waals surface area contributed by atoms with Crippen LogP contribution in [-0.2, 0) is 17.8 Å². The van der Waals surface area contributed by atoms with E-state index < -0.39 is 0 Å². The van der Waals surface area contributed by atoms with Gasteiger partial charge in [0.05, 0.1) is 18.7 Å². The van der Waals surface area contributed by atoms with E-state index in [1.807, 2.05) is 12.3 Å². The molecule has 1 N–H and O–H groups in total. The Morgan fingerprint density at radius 3 is 2.90 bits per heavy atom. The van der Waals surface area contributed by atoms with Gasteiger partial charge < -0.3 is 5.32 Å². The molecule has 0 aromatic carbocycles. The molecule has 1 aromatic heterocycles. The number of hydrogen-bond acceptors (Lipinski definition) is 4. The fraction of sp³-hybridized carbons (Fsp3) is 0.733. The van der Waals surface area contributed by atoms with Gasteiger partial charge in [0.1, 0.15) is 5.01 Å². The maximum Gasteiger partial charge on any atom is 0.226 e. The van der Waals surface area contributed by atoms with Gasteiger partial charge in [-0.1, -0.05) is 13.3 Å². The summed E-state index contributed by atoms with van der Waals surface area (Å²) in [6.45, 7) is 7.41. The molecular formula is C15H25N3OS. The first-order chi connectivity index (χ1) is 9.67. The van der Waals surface area contributed by atoms with Gasteiger partial charge in [-0.25, -0.2) is 4.98 Å². The summed E-state index contributed by atoms with van der Waals surface area (Å²) >= 11 is 1.68. The number of nitrogens with one attached hydrogen (secondary N) is 1. The first kappa shape index (κ1) is 15.4. The Labute approximate surface area is 125 Å². The van der Waals surface area contributed by atoms with Gasteiger partial charge in [-0.15, -0.1) is 11.3 Å². The number of carbonyl (C=O) groups excluding carboxylic acids is 1. The average molecular weight is 295 g/mol. The van der Waals surface area contributed by atoms with Gasteiger partial charge in [-0.2, -0.15) is 0 Å². The van der Waals surface area contributed by atoms with E-state index in [1.54, 1.807) is 11.3 Å². The van der Waals surface area contributed by atoms with E-state index in [0.29, 0.717) is 6.42 Å². The molecule has 1 aromatic rings. The summed E-state index contributed by atoms with van der Waals surface area (Å²) in [5.41, 5.74) is 0.905. The molecule has 1 amide bonds. The molecule has 112 valence electrons. The summed E-state index contributed by atoms with van der Waals surface area (Å²) in [6, 6.07) is 0.244. The Hall–Kier alpha value is -0.940. The maximum atomic E-state index is 11.8. The topological polar surface area (TPSA) is 45.2 Å². The van der Waals surface area contributed by atoms with Crippen molar-refractivity contribution >= 4 is 17.2 Å². The number of hydrogen-bond donors (Lipinski definition) is 1. The van der Waals surface area contributed by atoms with E-state index in [4.69, 9.17) is 0 Å². The van der Waals surface area contributed by atoms with Crippen LogP contribution in [0.3, 0.4) is 0 Å². The van der Waals surface area contributed by atoms with Crippen molar-refractivity contribution in [2.24, 2.45) is 0 Å². The van der Waals surface area contributed by atoms with E-state index in [1.165, 1.54) is 32.4 Å². The van der Waals surface area contributed by atoms with Gasteiger partial charge in [0.2, 0.25) is 5.91 Å². The van der Waals surface area contributed by atoms with Crippen LogP contribution < -0.4 is 5.32 Å². The molecule has 0 saturated carbocycles. The number of likely N-dealkylation sites (tertiary alicyclic amines) is 1. The molecule has 1 atom stereocenters. The molecule has 2 rings (SSSR count). The van der Waals surface area contributed by atoms with Crippen LogP contribution in [-0.4, -0.2) is 34.9 Å². The SMILES string of the molecule is CCC(C)NC(=O)Cc1csc(CN2CCCCC2)n1. The highest BCUT2D eigenvalue weighted by molar-refractivity contribution is 7.09. The summed E-state index contributed by atoms with van der Waals surface area (Å²) in [5, 5.41) is 6.14. The predicted octanol–water partition coefficient (Wildman–Crippen LogP) is 2.59. The summed E-state index contributed by atoms with van der Waals surface area (Å²) in [7, 11) is 0. The lowest BCUT2D eigenvalue weighted by molar-refractivity contribution is -0.121. The molecule has 0 aliphatic carbocycles. The molecule has 1 unspecified atom stereocenters. The first-order valence-corrected chi connectivity index (χ1v) is 8.50. The van der Waals surface area contributed by atoms with Crippen molar-refractivity contribution in [2.45, 2.75) is 58.5 Å². The van der Waals surface area contributed by atoms with Crippen LogP contribution in [0, 0.1) is 0 Å². The minimum absolute atomic E-state index is 0.0779. The monoisotopic (exact) mass is 295 g/mol. The minimum Gasteiger partial charge on any atom is -0.353 e. The van der Waals surface area contributed by atoms with Gasteiger partial charge in [0.15, 0.2) is 0 Å². The molecule has 4 nitrogen and oxygen atoms in total. The van der Waals surface area contributed by atoms with E-state index >= 15 is 0 Å². The maximum absolute atomic E-state index is 11.8. The van der Waals surface area contributed by atoms with Crippen LogP contribution in [0.15, 0.2) is 5.38 Å². The van der Waals surface area contributed by atoms with Crippen molar-refractivity contribution in [2.75, 3.05) is 13.1 Å². The lowest BCUT2D eigenvalue weighted by atomic mass is 10.1. The average Bonchev–Trinajstić information content (AvgIpc) is 2.86. The summed E-state index contributed by atoms with van der Waals surface area (Å²) in [4.78, 5) is 18.9. The second-order valence-corrected chi connectivity index (χ2v) is 6.57. The van der Waals surface area contributed by atoms with Crippen molar-refractivity contribution < 1.29 is 4.79 Å². The fourth-order valence-electron chi connectivity index (χ4n) is 2.40. The lowest BCUT2D eigenvalue weighted by Gasteiger charge is -2.25. The quantitative estimate of drug-likeness (QED) is 0.877. The Morgan fingerprint density at radius 1 is 1.45 bits per heavy atom. The third-order valence-corrected chi connectivity index (χ3v) is 4.65. The van der Waals surface area contributed by atoms with Crippen molar-refractivity contribution in [3.63, 3.8) is 0 Å². The molecular weight excluding hydrogens is 270 g/mol. The zero-order valence-electron chi connectivity index (χ0n) is 12.5. The Morgan fingerprint density at radius 2 is 2.20 bits per heavy atom. The number of thiazole rings is 1. The van der Waals surface area contributed by atoms with Crippen molar-refractivity contribution in [1.82, 2.24) is 15.2 Å². The third kappa shape index (κ3) is 4.87. The van der Waals surface area contributed by atoms with Crippen molar-refractivity contribution in [1.29, 1.82) is 0 Å². The molecule has 1 aliphatic rings. The standard InChI is InChI=1S/C15H25N3OS/c1-3-12(2)16-14(19)9-13-11-20-15(17-13)10-18-7-5-4-6-8-18/h11-12H,3-10H2,1-2H3,(H,16,19). The molecule has 1 saturated heterocycles. The Bertz CT molecular complexity index is 427. The molecule has 2 heterocycles. The molecule has 0 spiro atoms. The third-order valence-electron chi connectivity index (χ3n) is 3.77. The Kier molecular flexibility index (Phi) is 5.98. The van der Waals surface area contributed by atoms with E-state index in [9.17, 15) is 4.79 Å². The largest absolute Gasteiger partial charge is 0.353 e. The molecule has 1 fully saturated rings. The predicted molar refractivity (Wildman–Crippen MR) is 82.8 cm³/mol. The van der Waals surface area contributed by atoms with Crippen LogP contribution >= 0.6 is 11.3 Å². The van der Waals surface area contributed by atoms with E-state index in [0.717, 1.165) is 23.7 Å². The zero-order chi connectivity index (χ0) is 14.4. The molecule has 1 aliphatic heterocycles. The second kappa shape index (κ2) is 7.74. The second-order valence-electron chi connectivity index (χ2n) is 5.62. The Balaban J connectivity index is 1.80. The molecule has 0 radical (unpaired) electrons. The van der Waals surface area contributed by atoms with E-state index in [-0.39, 0.29) is 11.9 Å². The molecule has 0 bridgehead atoms. The van der Waals surface area contributed by atoms with Gasteiger partial charge in [-0.05, 0) is 39.3 Å². The fourth-order valence-corrected chi connectivity index (χ4v) is 3.24. The molecule has 5 heteroatoms. The van der Waals surface area contributed by atoms with Crippen LogP contribution in [0.1, 0.15) is 50.2 Å². The van der Waals surface area contributed by atoms with Gasteiger partial charge >= 0.3 is 0 Å². The molecule has 20 heavy (non-hydrogen) atoms. The number of rotatable bonds is 6. The number of nitrogens with zero attached hydrogens (tertiary/aromatic N) is 2. The van der Waals surface area contributed by atoms with Crippen molar-refractivity contribution in [3.8, 4) is 0 Å². The highest BCUT2D eigenvalue weighted by Gasteiger charge is 2.14. The summed E-state index contributed by atoms with van der Waals surface area (Å²) in [6.07, 6.45) is 5.32. The highest BCUT2D eigenvalue weighted by Crippen LogP contribution is 2.16. The van der Waals surface area contributed by atoms with Crippen molar-refractivity contribution in [3.05, 3.63) is 16.1 Å². The van der Waals surface area contributed by atoms with Crippen LogP contribution in [0.25, 0.3) is 0 Å². The van der Waals surface area contributed by atoms with Crippen LogP contribution in [0.5, 0.6) is 0 Å². The lowest BCUT2D eigenvalue weighted by Crippen LogP contribution is -2.33.